The second kappa shape index (κ2) is 11.7. The summed E-state index contributed by atoms with van der Waals surface area (Å²) in [5.41, 5.74) is 3.79. The topological polar surface area (TPSA) is 98.8 Å². The van der Waals surface area contributed by atoms with E-state index in [1.54, 1.807) is 43.1 Å². The quantitative estimate of drug-likeness (QED) is 0.337. The molecule has 1 aliphatic rings. The number of aldehydes is 1. The molecule has 0 bridgehead atoms. The maximum Gasteiger partial charge on any atom is 0.258 e. The van der Waals surface area contributed by atoms with Crippen LogP contribution in [0.5, 0.6) is 0 Å². The van der Waals surface area contributed by atoms with Crippen molar-refractivity contribution >= 4 is 46.2 Å². The summed E-state index contributed by atoms with van der Waals surface area (Å²) in [4.78, 5) is 55.9. The van der Waals surface area contributed by atoms with Crippen LogP contribution in [0.1, 0.15) is 38.8 Å². The number of anilines is 2. The molecule has 41 heavy (non-hydrogen) atoms. The fraction of sp³-hybridized carbons (Fsp3) is 0.212. The molecule has 1 aliphatic heterocycles. The highest BCUT2D eigenvalue weighted by atomic mass is 16.2. The summed E-state index contributed by atoms with van der Waals surface area (Å²) in [5, 5.41) is 7.87. The molecule has 8 nitrogen and oxygen atoms in total. The van der Waals surface area contributed by atoms with Crippen LogP contribution in [0.25, 0.3) is 10.8 Å². The minimum absolute atomic E-state index is 0.0762. The molecule has 4 aromatic rings. The monoisotopic (exact) mass is 548 g/mol. The lowest BCUT2D eigenvalue weighted by atomic mass is 9.99. The van der Waals surface area contributed by atoms with E-state index >= 15 is 0 Å². The Labute approximate surface area is 239 Å². The van der Waals surface area contributed by atoms with E-state index < -0.39 is 12.1 Å². The first-order chi connectivity index (χ1) is 19.8. The maximum absolute atomic E-state index is 14.3. The third-order valence-corrected chi connectivity index (χ3v) is 7.64. The Bertz CT molecular complexity index is 1650. The van der Waals surface area contributed by atoms with E-state index in [2.05, 4.69) is 16.7 Å². The van der Waals surface area contributed by atoms with Crippen LogP contribution < -0.4 is 20.4 Å². The van der Waals surface area contributed by atoms with E-state index in [-0.39, 0.29) is 30.8 Å². The molecule has 0 radical (unpaired) electrons. The Kier molecular flexibility index (Phi) is 7.94. The smallest absolute Gasteiger partial charge is 0.258 e. The van der Waals surface area contributed by atoms with Crippen LogP contribution in [0.3, 0.4) is 0 Å². The van der Waals surface area contributed by atoms with Gasteiger partial charge < -0.3 is 20.4 Å². The van der Waals surface area contributed by atoms with Crippen molar-refractivity contribution < 1.29 is 19.2 Å². The molecule has 1 heterocycles. The highest BCUT2D eigenvalue weighted by Gasteiger charge is 2.38. The molecule has 0 aromatic heterocycles. The van der Waals surface area contributed by atoms with E-state index in [0.717, 1.165) is 21.9 Å². The minimum Gasteiger partial charge on any atom is -0.341 e. The molecule has 8 heteroatoms. The van der Waals surface area contributed by atoms with E-state index in [4.69, 9.17) is 0 Å². The molecule has 0 saturated carbocycles. The van der Waals surface area contributed by atoms with Crippen LogP contribution in [0.15, 0.2) is 84.9 Å². The second-order valence-corrected chi connectivity index (χ2v) is 10.2. The van der Waals surface area contributed by atoms with Gasteiger partial charge in [0.1, 0.15) is 12.3 Å². The normalized spacial score (nSPS) is 15.7. The molecule has 2 N–H and O–H groups in total. The Balaban J connectivity index is 1.64. The number of likely N-dealkylation sites (N-methyl/N-ethyl adjacent to an activating group) is 1. The maximum atomic E-state index is 14.3. The SMILES string of the molecule is CNC(C)C(=O)NC1CN(C(=O)c2cccc(C=O)c2)c2ccccc2N(Cc2c(C)ccc3ccccc23)C1=O. The van der Waals surface area contributed by atoms with Gasteiger partial charge in [0, 0.05) is 11.1 Å². The van der Waals surface area contributed by atoms with Crippen LogP contribution in [0, 0.1) is 6.92 Å². The summed E-state index contributed by atoms with van der Waals surface area (Å²) in [6.45, 7) is 3.89. The second-order valence-electron chi connectivity index (χ2n) is 10.2. The van der Waals surface area contributed by atoms with Gasteiger partial charge in [-0.25, -0.2) is 0 Å². The molecule has 3 amide bonds. The van der Waals surface area contributed by atoms with Gasteiger partial charge in [-0.2, -0.15) is 0 Å². The van der Waals surface area contributed by atoms with Crippen molar-refractivity contribution in [2.45, 2.75) is 32.5 Å². The van der Waals surface area contributed by atoms with Gasteiger partial charge in [0.25, 0.3) is 11.8 Å². The highest BCUT2D eigenvalue weighted by Crippen LogP contribution is 2.36. The number of amides is 3. The van der Waals surface area contributed by atoms with Crippen LogP contribution in [0.2, 0.25) is 0 Å². The predicted octanol–water partition coefficient (Wildman–Crippen LogP) is 4.25. The molecule has 4 aromatic carbocycles. The van der Waals surface area contributed by atoms with Gasteiger partial charge in [-0.1, -0.05) is 60.7 Å². The summed E-state index contributed by atoms with van der Waals surface area (Å²) in [5.74, 6) is -1.05. The van der Waals surface area contributed by atoms with E-state index in [9.17, 15) is 19.2 Å². The summed E-state index contributed by atoms with van der Waals surface area (Å²) >= 11 is 0. The zero-order chi connectivity index (χ0) is 29.1. The van der Waals surface area contributed by atoms with Crippen LogP contribution in [-0.4, -0.2) is 49.7 Å². The summed E-state index contributed by atoms with van der Waals surface area (Å²) in [7, 11) is 1.67. The molecule has 0 spiro atoms. The number of para-hydroxylation sites is 2. The number of hydrogen-bond acceptors (Lipinski definition) is 5. The Morgan fingerprint density at radius 2 is 1.71 bits per heavy atom. The number of carbonyl (C=O) groups excluding carboxylic acids is 4. The predicted molar refractivity (Wildman–Crippen MR) is 160 cm³/mol. The van der Waals surface area contributed by atoms with Gasteiger partial charge in [0.15, 0.2) is 0 Å². The number of rotatable bonds is 7. The molecule has 5 rings (SSSR count). The van der Waals surface area contributed by atoms with Gasteiger partial charge in [-0.3, -0.25) is 19.2 Å². The third-order valence-electron chi connectivity index (χ3n) is 7.64. The van der Waals surface area contributed by atoms with Crippen molar-refractivity contribution in [1.82, 2.24) is 10.6 Å². The van der Waals surface area contributed by atoms with Gasteiger partial charge in [-0.05, 0) is 67.1 Å². The first-order valence-corrected chi connectivity index (χ1v) is 13.5. The molecular weight excluding hydrogens is 516 g/mol. The number of aryl methyl sites for hydroxylation is 1. The number of hydrogen-bond donors (Lipinski definition) is 2. The number of benzene rings is 4. The number of nitrogens with zero attached hydrogens (tertiary/aromatic N) is 2. The zero-order valence-electron chi connectivity index (χ0n) is 23.3. The third kappa shape index (κ3) is 5.47. The van der Waals surface area contributed by atoms with Crippen molar-refractivity contribution in [3.05, 3.63) is 107 Å². The minimum atomic E-state index is -1.01. The number of carbonyl (C=O) groups is 4. The molecular formula is C33H32N4O4. The Morgan fingerprint density at radius 1 is 0.976 bits per heavy atom. The zero-order valence-corrected chi connectivity index (χ0v) is 23.3. The van der Waals surface area contributed by atoms with E-state index in [0.29, 0.717) is 28.8 Å². The van der Waals surface area contributed by atoms with Crippen molar-refractivity contribution in [1.29, 1.82) is 0 Å². The van der Waals surface area contributed by atoms with Gasteiger partial charge >= 0.3 is 0 Å². The molecule has 2 unspecified atom stereocenters. The first kappa shape index (κ1) is 27.7. The highest BCUT2D eigenvalue weighted by molar-refractivity contribution is 6.13. The van der Waals surface area contributed by atoms with E-state index in [1.165, 1.54) is 11.0 Å². The Morgan fingerprint density at radius 3 is 2.46 bits per heavy atom. The standard InChI is InChI=1S/C33H32N4O4/c1-21-15-16-24-10-4-5-12-26(24)27(21)18-36-29-13-6-7-14-30(29)37(32(40)25-11-8-9-23(17-25)20-38)19-28(33(36)41)35-31(39)22(2)34-3/h4-17,20,22,28,34H,18-19H2,1-3H3,(H,35,39). The van der Waals surface area contributed by atoms with Gasteiger partial charge in [0.2, 0.25) is 5.91 Å². The molecule has 2 atom stereocenters. The van der Waals surface area contributed by atoms with Crippen molar-refractivity contribution in [2.24, 2.45) is 0 Å². The van der Waals surface area contributed by atoms with Crippen molar-refractivity contribution in [2.75, 3.05) is 23.4 Å². The average Bonchev–Trinajstić information content (AvgIpc) is 3.12. The lowest BCUT2D eigenvalue weighted by Gasteiger charge is -2.27. The van der Waals surface area contributed by atoms with Crippen molar-refractivity contribution in [3.8, 4) is 0 Å². The Hall–Kier alpha value is -4.82. The van der Waals surface area contributed by atoms with Gasteiger partial charge in [-0.15, -0.1) is 0 Å². The molecule has 0 saturated heterocycles. The first-order valence-electron chi connectivity index (χ1n) is 13.5. The largest absolute Gasteiger partial charge is 0.341 e. The summed E-state index contributed by atoms with van der Waals surface area (Å²) in [6, 6.07) is 24.2. The van der Waals surface area contributed by atoms with E-state index in [1.807, 2.05) is 55.5 Å². The fourth-order valence-corrected chi connectivity index (χ4v) is 5.19. The number of fused-ring (bicyclic) bond motifs is 2. The summed E-state index contributed by atoms with van der Waals surface area (Å²) < 4.78 is 0. The van der Waals surface area contributed by atoms with Crippen LogP contribution in [-0.2, 0) is 16.1 Å². The van der Waals surface area contributed by atoms with Crippen LogP contribution in [0.4, 0.5) is 11.4 Å². The average molecular weight is 549 g/mol. The van der Waals surface area contributed by atoms with Crippen LogP contribution >= 0.6 is 0 Å². The van der Waals surface area contributed by atoms with Gasteiger partial charge in [0.05, 0.1) is 30.5 Å². The molecule has 208 valence electrons. The molecule has 0 aliphatic carbocycles. The molecule has 0 fully saturated rings. The summed E-state index contributed by atoms with van der Waals surface area (Å²) in [6.07, 6.45) is 0.688. The lowest BCUT2D eigenvalue weighted by Crippen LogP contribution is -2.55. The lowest BCUT2D eigenvalue weighted by molar-refractivity contribution is -0.128. The fourth-order valence-electron chi connectivity index (χ4n) is 5.19. The number of nitrogens with one attached hydrogen (secondary N) is 2. The van der Waals surface area contributed by atoms with Crippen molar-refractivity contribution in [3.63, 3.8) is 0 Å².